The Morgan fingerprint density at radius 1 is 0.853 bits per heavy atom. The van der Waals surface area contributed by atoms with Crippen LogP contribution in [-0.4, -0.2) is 108 Å². The number of anilines is 3. The molecule has 0 radical (unpaired) electrons. The standard InChI is InChI=1S/C50H55F2N11O5/c1-2-50(67)21-13-31-4-11-41(55-45(31)50)63-46-39(48(66)62(63)28-20-40(51)52)29-53-49(57-46)54-32-5-7-33(8-6-32)60-23-15-35(16-24-60)61-25-17-34(18-26-61)59-22-14-30-3-9-37-43(38-10-12-42(64)56-47(38)65)58-68-44(37)36(30)19-27-59/h3-9,11,20,29,34-35,38,67H,2,10,12-19,21-28H2,1H3,(H,53,54,57)(H,56,64,65)/t38?,50-/m1/s1. The summed E-state index contributed by atoms with van der Waals surface area (Å²) in [6.45, 7) is 7.56. The molecule has 1 aliphatic carbocycles. The van der Waals surface area contributed by atoms with Crippen LogP contribution in [0.15, 0.2) is 76.2 Å². The number of carbonyl (C=O) groups is 2. The molecule has 1 unspecified atom stereocenters. The molecule has 6 aromatic rings. The van der Waals surface area contributed by atoms with Crippen LogP contribution < -0.4 is 21.1 Å². The van der Waals surface area contributed by atoms with Crippen LogP contribution in [-0.2, 0) is 41.0 Å². The number of carbonyl (C=O) groups excluding carboxylic acids is 2. The Labute approximate surface area is 391 Å². The fourth-order valence-electron chi connectivity index (χ4n) is 11.5. The third-order valence-electron chi connectivity index (χ3n) is 15.3. The van der Waals surface area contributed by atoms with Crippen molar-refractivity contribution in [2.75, 3.05) is 49.5 Å². The SMILES string of the molecule is CC[C@@]1(O)CCc2ccc(-n3c4nc(Nc5ccc(N6CCC(N7CCC(N8CCc9ccc%10c(C%11CCC(=O)NC%11=O)noc%10c9CC8)CC7)CC6)cc5)ncc4c(=O)n3CC=C(F)F)nc21. The van der Waals surface area contributed by atoms with Crippen molar-refractivity contribution in [3.05, 3.63) is 105 Å². The van der Waals surface area contributed by atoms with Gasteiger partial charge in [0, 0.05) is 79.3 Å². The molecule has 8 heterocycles. The first-order valence-electron chi connectivity index (χ1n) is 24.1. The minimum atomic E-state index is -1.91. The third kappa shape index (κ3) is 8.15. The van der Waals surface area contributed by atoms with Gasteiger partial charge < -0.3 is 24.7 Å². The summed E-state index contributed by atoms with van der Waals surface area (Å²) in [5, 5.41) is 22.4. The van der Waals surface area contributed by atoms with E-state index in [9.17, 15) is 28.3 Å². The molecule has 4 aliphatic heterocycles. The first kappa shape index (κ1) is 44.2. The molecule has 354 valence electrons. The highest BCUT2D eigenvalue weighted by atomic mass is 19.3. The van der Waals surface area contributed by atoms with Crippen molar-refractivity contribution in [3.63, 3.8) is 0 Å². The minimum absolute atomic E-state index is 0.156. The Bertz CT molecular complexity index is 3000. The zero-order valence-electron chi connectivity index (χ0n) is 38.1. The van der Waals surface area contributed by atoms with Crippen LogP contribution in [0.4, 0.5) is 26.1 Å². The number of hydrogen-bond acceptors (Lipinski definition) is 13. The predicted molar refractivity (Wildman–Crippen MR) is 251 cm³/mol. The van der Waals surface area contributed by atoms with Crippen LogP contribution in [0.1, 0.15) is 92.3 Å². The summed E-state index contributed by atoms with van der Waals surface area (Å²) in [6, 6.07) is 17.0. The van der Waals surface area contributed by atoms with Gasteiger partial charge in [-0.05, 0) is 125 Å². The molecule has 11 rings (SSSR count). The van der Waals surface area contributed by atoms with Crippen LogP contribution in [0, 0.1) is 0 Å². The fourth-order valence-corrected chi connectivity index (χ4v) is 11.5. The molecule has 2 amide bonds. The molecule has 0 bridgehead atoms. The lowest BCUT2D eigenvalue weighted by molar-refractivity contribution is -0.134. The normalized spacial score (nSPS) is 22.1. The number of piperidine rings is 3. The van der Waals surface area contributed by atoms with Gasteiger partial charge in [0.15, 0.2) is 17.0 Å². The quantitative estimate of drug-likeness (QED) is 0.132. The minimum Gasteiger partial charge on any atom is -0.384 e. The van der Waals surface area contributed by atoms with Crippen molar-refractivity contribution in [1.82, 2.24) is 44.6 Å². The number of aromatic nitrogens is 6. The number of allylic oxidation sites excluding steroid dienone is 1. The summed E-state index contributed by atoms with van der Waals surface area (Å²) in [4.78, 5) is 59.7. The molecule has 4 aromatic heterocycles. The molecule has 3 fully saturated rings. The smallest absolute Gasteiger partial charge is 0.278 e. The summed E-state index contributed by atoms with van der Waals surface area (Å²) in [5.74, 6) is -0.479. The highest BCUT2D eigenvalue weighted by molar-refractivity contribution is 6.02. The van der Waals surface area contributed by atoms with Crippen LogP contribution in [0.25, 0.3) is 27.8 Å². The number of amides is 2. The van der Waals surface area contributed by atoms with Gasteiger partial charge in [-0.2, -0.15) is 13.8 Å². The number of aryl methyl sites for hydroxylation is 1. The van der Waals surface area contributed by atoms with E-state index in [-0.39, 0.29) is 28.8 Å². The van der Waals surface area contributed by atoms with Crippen molar-refractivity contribution in [2.45, 2.75) is 108 Å². The zero-order chi connectivity index (χ0) is 46.7. The van der Waals surface area contributed by atoms with Gasteiger partial charge in [0.1, 0.15) is 16.7 Å². The van der Waals surface area contributed by atoms with Gasteiger partial charge in [0.05, 0.1) is 18.2 Å². The van der Waals surface area contributed by atoms with E-state index in [1.807, 2.05) is 31.2 Å². The molecular weight excluding hydrogens is 873 g/mol. The molecule has 0 saturated carbocycles. The topological polar surface area (TPSA) is 180 Å². The molecule has 2 atom stereocenters. The lowest BCUT2D eigenvalue weighted by Gasteiger charge is -2.44. The first-order valence-corrected chi connectivity index (χ1v) is 24.1. The van der Waals surface area contributed by atoms with Crippen molar-refractivity contribution in [3.8, 4) is 5.82 Å². The number of likely N-dealkylation sites (tertiary alicyclic amines) is 1. The Morgan fingerprint density at radius 2 is 1.59 bits per heavy atom. The molecule has 3 N–H and O–H groups in total. The monoisotopic (exact) mass is 927 g/mol. The Balaban J connectivity index is 0.701. The second-order valence-electron chi connectivity index (χ2n) is 19.0. The highest BCUT2D eigenvalue weighted by Crippen LogP contribution is 2.39. The molecule has 16 nitrogen and oxygen atoms in total. The average Bonchev–Trinajstić information content (AvgIpc) is 3.96. The van der Waals surface area contributed by atoms with Crippen molar-refractivity contribution in [2.24, 2.45) is 0 Å². The van der Waals surface area contributed by atoms with Gasteiger partial charge >= 0.3 is 0 Å². The molecule has 3 saturated heterocycles. The van der Waals surface area contributed by atoms with Crippen LogP contribution in [0.2, 0.25) is 0 Å². The van der Waals surface area contributed by atoms with E-state index in [0.717, 1.165) is 110 Å². The maximum absolute atomic E-state index is 13.6. The molecule has 2 aromatic carbocycles. The second-order valence-corrected chi connectivity index (χ2v) is 19.0. The van der Waals surface area contributed by atoms with Gasteiger partial charge in [-0.25, -0.2) is 19.3 Å². The number of rotatable bonds is 10. The fraction of sp³-hybridized carbons (Fsp3) is 0.460. The van der Waals surface area contributed by atoms with E-state index in [1.54, 1.807) is 6.07 Å². The number of pyridine rings is 1. The average molecular weight is 928 g/mol. The van der Waals surface area contributed by atoms with Crippen LogP contribution in [0.5, 0.6) is 0 Å². The summed E-state index contributed by atoms with van der Waals surface area (Å²) in [5.41, 5.74) is 5.80. The summed E-state index contributed by atoms with van der Waals surface area (Å²) in [6.07, 6.45) is 8.89. The van der Waals surface area contributed by atoms with Crippen LogP contribution >= 0.6 is 0 Å². The van der Waals surface area contributed by atoms with Gasteiger partial charge in [-0.3, -0.25) is 24.6 Å². The molecule has 18 heteroatoms. The van der Waals surface area contributed by atoms with Gasteiger partial charge in [-0.1, -0.05) is 24.2 Å². The number of imide groups is 1. The Hall–Kier alpha value is -6.37. The molecular formula is C50H55F2N11O5. The van der Waals surface area contributed by atoms with Gasteiger partial charge in [-0.15, -0.1) is 0 Å². The largest absolute Gasteiger partial charge is 0.384 e. The maximum Gasteiger partial charge on any atom is 0.278 e. The molecule has 5 aliphatic rings. The Morgan fingerprint density at radius 3 is 2.34 bits per heavy atom. The molecule has 0 spiro atoms. The Kier molecular flexibility index (Phi) is 11.6. The lowest BCUT2D eigenvalue weighted by atomic mass is 9.91. The van der Waals surface area contributed by atoms with Crippen LogP contribution in [0.3, 0.4) is 0 Å². The number of halogens is 2. The maximum atomic E-state index is 13.6. The second kappa shape index (κ2) is 17.9. The lowest BCUT2D eigenvalue weighted by Crippen LogP contribution is -2.51. The number of hydrogen-bond donors (Lipinski definition) is 3. The van der Waals surface area contributed by atoms with Crippen molar-refractivity contribution in [1.29, 1.82) is 0 Å². The van der Waals surface area contributed by atoms with E-state index in [0.29, 0.717) is 67.5 Å². The van der Waals surface area contributed by atoms with Gasteiger partial charge in [0.25, 0.3) is 11.6 Å². The summed E-state index contributed by atoms with van der Waals surface area (Å²) >= 11 is 0. The van der Waals surface area contributed by atoms with Crippen molar-refractivity contribution < 1.29 is 28.0 Å². The van der Waals surface area contributed by atoms with Crippen molar-refractivity contribution >= 4 is 51.1 Å². The molecule has 68 heavy (non-hydrogen) atoms. The predicted octanol–water partition coefficient (Wildman–Crippen LogP) is 6.24. The zero-order valence-corrected chi connectivity index (χ0v) is 38.1. The van der Waals surface area contributed by atoms with E-state index >= 15 is 0 Å². The van der Waals surface area contributed by atoms with E-state index in [1.165, 1.54) is 22.0 Å². The third-order valence-corrected chi connectivity index (χ3v) is 15.3. The van der Waals surface area contributed by atoms with Gasteiger partial charge in [0.2, 0.25) is 17.8 Å². The summed E-state index contributed by atoms with van der Waals surface area (Å²) < 4.78 is 35.2. The number of aliphatic hydroxyl groups is 1. The van der Waals surface area contributed by atoms with E-state index in [2.05, 4.69) is 53.7 Å². The van der Waals surface area contributed by atoms with E-state index < -0.39 is 29.7 Å². The number of nitrogens with one attached hydrogen (secondary N) is 2. The number of fused-ring (bicyclic) bond motifs is 5. The number of benzene rings is 2. The summed E-state index contributed by atoms with van der Waals surface area (Å²) in [7, 11) is 0. The first-order chi connectivity index (χ1) is 33.0. The van der Waals surface area contributed by atoms with E-state index in [4.69, 9.17) is 14.5 Å². The highest BCUT2D eigenvalue weighted by Gasteiger charge is 2.38. The number of nitrogens with zero attached hydrogens (tertiary/aromatic N) is 9.